The summed E-state index contributed by atoms with van der Waals surface area (Å²) in [6.45, 7) is 6.82. The number of para-hydroxylation sites is 3. The highest BCUT2D eigenvalue weighted by molar-refractivity contribution is 6.30. The first kappa shape index (κ1) is 24.1. The minimum absolute atomic E-state index is 0.736. The van der Waals surface area contributed by atoms with E-state index in [1.54, 1.807) is 0 Å². The number of nitrogens with zero attached hydrogens (tertiary/aromatic N) is 4. The van der Waals surface area contributed by atoms with Gasteiger partial charge in [-0.1, -0.05) is 54.1 Å². The molecule has 7 heteroatoms. The molecule has 0 bridgehead atoms. The molecule has 1 aromatic heterocycles. The summed E-state index contributed by atoms with van der Waals surface area (Å²) in [5.74, 6) is 3.97. The number of halogens is 1. The number of benzene rings is 3. The normalized spacial score (nSPS) is 14.0. The van der Waals surface area contributed by atoms with Crippen LogP contribution in [0.25, 0.3) is 0 Å². The van der Waals surface area contributed by atoms with Crippen molar-refractivity contribution in [1.29, 1.82) is 0 Å². The zero-order chi connectivity index (χ0) is 24.7. The Morgan fingerprint density at radius 1 is 0.861 bits per heavy atom. The molecule has 0 atom stereocenters. The van der Waals surface area contributed by atoms with Gasteiger partial charge in [-0.05, 0) is 55.3 Å². The van der Waals surface area contributed by atoms with Crippen molar-refractivity contribution in [2.24, 2.45) is 0 Å². The van der Waals surface area contributed by atoms with Crippen LogP contribution in [0.3, 0.4) is 0 Å². The molecule has 6 nitrogen and oxygen atoms in total. The number of hydrogen-bond acceptors (Lipinski definition) is 6. The zero-order valence-corrected chi connectivity index (χ0v) is 21.2. The van der Waals surface area contributed by atoms with Crippen LogP contribution in [-0.2, 0) is 6.42 Å². The largest absolute Gasteiger partial charge is 0.455 e. The molecule has 4 aromatic rings. The number of nitrogens with one attached hydrogen (secondary N) is 1. The van der Waals surface area contributed by atoms with E-state index in [9.17, 15) is 0 Å². The molecule has 1 aliphatic rings. The predicted molar refractivity (Wildman–Crippen MR) is 147 cm³/mol. The van der Waals surface area contributed by atoms with Gasteiger partial charge in [0.1, 0.15) is 23.2 Å². The Morgan fingerprint density at radius 3 is 2.44 bits per heavy atom. The SMILES string of the molecule is Cc1nc(Nc2ccccc2Oc2ccccc2)cc(N2CCN(CCc3cccc(Cl)c3)CC2)n1. The summed E-state index contributed by atoms with van der Waals surface area (Å²) in [4.78, 5) is 14.2. The molecule has 0 radical (unpaired) electrons. The zero-order valence-electron chi connectivity index (χ0n) is 20.4. The molecule has 5 rings (SSSR count). The minimum atomic E-state index is 0.736. The second-order valence-corrected chi connectivity index (χ2v) is 9.34. The fourth-order valence-corrected chi connectivity index (χ4v) is 4.58. The lowest BCUT2D eigenvalue weighted by Crippen LogP contribution is -2.47. The summed E-state index contributed by atoms with van der Waals surface area (Å²) < 4.78 is 6.10. The average Bonchev–Trinajstić information content (AvgIpc) is 2.89. The molecule has 1 saturated heterocycles. The quantitative estimate of drug-likeness (QED) is 0.305. The Hall–Kier alpha value is -3.61. The van der Waals surface area contributed by atoms with Crippen molar-refractivity contribution >= 4 is 28.9 Å². The van der Waals surface area contributed by atoms with Crippen molar-refractivity contribution in [2.75, 3.05) is 42.9 Å². The first-order valence-electron chi connectivity index (χ1n) is 12.3. The summed E-state index contributed by atoms with van der Waals surface area (Å²) in [5.41, 5.74) is 2.14. The van der Waals surface area contributed by atoms with Crippen molar-refractivity contribution in [3.05, 3.63) is 101 Å². The molecule has 1 fully saturated rings. The van der Waals surface area contributed by atoms with Gasteiger partial charge in [0.15, 0.2) is 5.75 Å². The monoisotopic (exact) mass is 499 g/mol. The maximum absolute atomic E-state index is 6.13. The number of ether oxygens (including phenoxy) is 1. The van der Waals surface area contributed by atoms with Crippen molar-refractivity contribution < 1.29 is 4.74 Å². The van der Waals surface area contributed by atoms with Crippen molar-refractivity contribution in [2.45, 2.75) is 13.3 Å². The molecular weight excluding hydrogens is 470 g/mol. The van der Waals surface area contributed by atoms with Crippen LogP contribution in [0.15, 0.2) is 84.9 Å². The number of aromatic nitrogens is 2. The molecular formula is C29H30ClN5O. The van der Waals surface area contributed by atoms with Gasteiger partial charge in [-0.3, -0.25) is 4.90 Å². The van der Waals surface area contributed by atoms with Gasteiger partial charge in [0, 0.05) is 43.8 Å². The van der Waals surface area contributed by atoms with Gasteiger partial charge in [0.25, 0.3) is 0 Å². The summed E-state index contributed by atoms with van der Waals surface area (Å²) in [6.07, 6.45) is 1.01. The molecule has 36 heavy (non-hydrogen) atoms. The fraction of sp³-hybridized carbons (Fsp3) is 0.241. The van der Waals surface area contributed by atoms with Crippen LogP contribution in [0.4, 0.5) is 17.3 Å². The third-order valence-electron chi connectivity index (χ3n) is 6.25. The van der Waals surface area contributed by atoms with Crippen LogP contribution in [0, 0.1) is 6.92 Å². The highest BCUT2D eigenvalue weighted by atomic mass is 35.5. The summed E-state index contributed by atoms with van der Waals surface area (Å²) in [5, 5.41) is 4.24. The van der Waals surface area contributed by atoms with E-state index in [1.807, 2.05) is 79.7 Å². The molecule has 1 aliphatic heterocycles. The van der Waals surface area contributed by atoms with Gasteiger partial charge in [-0.15, -0.1) is 0 Å². The lowest BCUT2D eigenvalue weighted by Gasteiger charge is -2.35. The van der Waals surface area contributed by atoms with Gasteiger partial charge in [0.2, 0.25) is 0 Å². The van der Waals surface area contributed by atoms with Gasteiger partial charge >= 0.3 is 0 Å². The highest BCUT2D eigenvalue weighted by Crippen LogP contribution is 2.31. The second-order valence-electron chi connectivity index (χ2n) is 8.90. The minimum Gasteiger partial charge on any atom is -0.455 e. The fourth-order valence-electron chi connectivity index (χ4n) is 4.37. The number of rotatable bonds is 8. The van der Waals surface area contributed by atoms with Gasteiger partial charge in [-0.2, -0.15) is 0 Å². The highest BCUT2D eigenvalue weighted by Gasteiger charge is 2.19. The van der Waals surface area contributed by atoms with Gasteiger partial charge in [-0.25, -0.2) is 9.97 Å². The summed E-state index contributed by atoms with van der Waals surface area (Å²) >= 11 is 6.13. The topological polar surface area (TPSA) is 53.5 Å². The van der Waals surface area contributed by atoms with E-state index in [2.05, 4.69) is 32.2 Å². The first-order valence-corrected chi connectivity index (χ1v) is 12.7. The average molecular weight is 500 g/mol. The van der Waals surface area contributed by atoms with Crippen LogP contribution in [-0.4, -0.2) is 47.6 Å². The van der Waals surface area contributed by atoms with E-state index in [0.29, 0.717) is 0 Å². The standard InChI is InChI=1S/C29H30ClN5O/c1-22-31-28(33-26-12-5-6-13-27(26)36-25-10-3-2-4-11-25)21-29(32-22)35-18-16-34(17-19-35)15-14-23-8-7-9-24(30)20-23/h2-13,20-21H,14-19H2,1H3,(H,31,32,33). The maximum Gasteiger partial charge on any atom is 0.150 e. The Kier molecular flexibility index (Phi) is 7.64. The maximum atomic E-state index is 6.13. The molecule has 0 aliphatic carbocycles. The summed E-state index contributed by atoms with van der Waals surface area (Å²) in [7, 11) is 0. The predicted octanol–water partition coefficient (Wildman–Crippen LogP) is 6.34. The molecule has 0 saturated carbocycles. The lowest BCUT2D eigenvalue weighted by molar-refractivity contribution is 0.260. The van der Waals surface area contributed by atoms with E-state index in [0.717, 1.165) is 78.8 Å². The van der Waals surface area contributed by atoms with Gasteiger partial charge < -0.3 is 15.0 Å². The van der Waals surface area contributed by atoms with Crippen molar-refractivity contribution in [3.63, 3.8) is 0 Å². The molecule has 184 valence electrons. The summed E-state index contributed by atoms with van der Waals surface area (Å²) in [6, 6.07) is 27.8. The molecule has 2 heterocycles. The van der Waals surface area contributed by atoms with Crippen LogP contribution < -0.4 is 15.0 Å². The molecule has 0 spiro atoms. The Morgan fingerprint density at radius 2 is 1.64 bits per heavy atom. The van der Waals surface area contributed by atoms with E-state index >= 15 is 0 Å². The van der Waals surface area contributed by atoms with E-state index in [1.165, 1.54) is 5.56 Å². The Balaban J connectivity index is 1.22. The lowest BCUT2D eigenvalue weighted by atomic mass is 10.1. The second kappa shape index (κ2) is 11.4. The molecule has 0 amide bonds. The van der Waals surface area contributed by atoms with Crippen LogP contribution in [0.1, 0.15) is 11.4 Å². The molecule has 0 unspecified atom stereocenters. The third kappa shape index (κ3) is 6.33. The first-order chi connectivity index (χ1) is 17.6. The van der Waals surface area contributed by atoms with E-state index in [-0.39, 0.29) is 0 Å². The number of aryl methyl sites for hydroxylation is 1. The molecule has 1 N–H and O–H groups in total. The third-order valence-corrected chi connectivity index (χ3v) is 6.48. The molecule has 3 aromatic carbocycles. The van der Waals surface area contributed by atoms with E-state index < -0.39 is 0 Å². The van der Waals surface area contributed by atoms with Crippen LogP contribution in [0.5, 0.6) is 11.5 Å². The Labute approximate surface area is 217 Å². The van der Waals surface area contributed by atoms with Gasteiger partial charge in [0.05, 0.1) is 5.69 Å². The number of hydrogen-bond donors (Lipinski definition) is 1. The number of anilines is 3. The van der Waals surface area contributed by atoms with Crippen LogP contribution >= 0.6 is 11.6 Å². The van der Waals surface area contributed by atoms with Crippen LogP contribution in [0.2, 0.25) is 5.02 Å². The van der Waals surface area contributed by atoms with Crippen molar-refractivity contribution in [1.82, 2.24) is 14.9 Å². The number of piperazine rings is 1. The smallest absolute Gasteiger partial charge is 0.150 e. The Bertz CT molecular complexity index is 1290. The van der Waals surface area contributed by atoms with Crippen molar-refractivity contribution in [3.8, 4) is 11.5 Å². The van der Waals surface area contributed by atoms with E-state index in [4.69, 9.17) is 21.3 Å².